The number of aromatic hydroxyl groups is 1. The van der Waals surface area contributed by atoms with E-state index in [1.165, 1.54) is 0 Å². The number of benzene rings is 2. The molecule has 1 aromatic heterocycles. The predicted octanol–water partition coefficient (Wildman–Crippen LogP) is 4.80. The summed E-state index contributed by atoms with van der Waals surface area (Å²) in [6.45, 7) is 1.97. The summed E-state index contributed by atoms with van der Waals surface area (Å²) in [5, 5.41) is 11.4. The lowest BCUT2D eigenvalue weighted by Gasteiger charge is -2.10. The summed E-state index contributed by atoms with van der Waals surface area (Å²) >= 11 is 3.43. The molecule has 20 heavy (non-hydrogen) atoms. The first kappa shape index (κ1) is 12.9. The maximum absolute atomic E-state index is 9.62. The van der Waals surface area contributed by atoms with Crippen molar-refractivity contribution in [2.45, 2.75) is 6.92 Å². The van der Waals surface area contributed by atoms with Crippen molar-refractivity contribution in [3.63, 3.8) is 0 Å². The third-order valence-corrected chi connectivity index (χ3v) is 3.55. The van der Waals surface area contributed by atoms with Crippen molar-refractivity contribution in [3.05, 3.63) is 58.7 Å². The molecule has 0 aliphatic rings. The summed E-state index contributed by atoms with van der Waals surface area (Å²) in [6.07, 6.45) is 1.70. The van der Waals surface area contributed by atoms with Gasteiger partial charge in [-0.05, 0) is 54.3 Å². The van der Waals surface area contributed by atoms with Crippen LogP contribution in [0.5, 0.6) is 17.4 Å². The molecule has 0 radical (unpaired) electrons. The molecule has 3 aromatic rings. The first-order valence-electron chi connectivity index (χ1n) is 6.15. The van der Waals surface area contributed by atoms with Gasteiger partial charge < -0.3 is 9.84 Å². The van der Waals surface area contributed by atoms with Crippen LogP contribution in [0.15, 0.2) is 53.1 Å². The standard InChI is InChI=1S/C16H12BrNO2/c1-10-8-12(17)3-5-15(10)20-16-14-9-13(19)4-2-11(14)6-7-18-16/h2-9,19H,1H3. The second-order valence-corrected chi connectivity index (χ2v) is 5.45. The molecule has 0 amide bonds. The monoisotopic (exact) mass is 329 g/mol. The number of halogens is 1. The summed E-state index contributed by atoms with van der Waals surface area (Å²) < 4.78 is 6.89. The van der Waals surface area contributed by atoms with Crippen LogP contribution in [-0.2, 0) is 0 Å². The second-order valence-electron chi connectivity index (χ2n) is 4.53. The van der Waals surface area contributed by atoms with Crippen LogP contribution in [0, 0.1) is 6.92 Å². The molecule has 0 aliphatic heterocycles. The molecular formula is C16H12BrNO2. The molecule has 3 nitrogen and oxygen atoms in total. The Labute approximate surface area is 125 Å². The molecule has 0 aliphatic carbocycles. The number of aryl methyl sites for hydroxylation is 1. The van der Waals surface area contributed by atoms with Gasteiger partial charge in [-0.25, -0.2) is 4.98 Å². The number of aromatic nitrogens is 1. The van der Waals surface area contributed by atoms with Crippen molar-refractivity contribution in [1.82, 2.24) is 4.98 Å². The number of fused-ring (bicyclic) bond motifs is 1. The molecule has 3 rings (SSSR count). The summed E-state index contributed by atoms with van der Waals surface area (Å²) in [5.74, 6) is 1.43. The molecule has 0 saturated carbocycles. The average molecular weight is 330 g/mol. The minimum Gasteiger partial charge on any atom is -0.508 e. The zero-order valence-electron chi connectivity index (χ0n) is 10.8. The third kappa shape index (κ3) is 2.47. The third-order valence-electron chi connectivity index (χ3n) is 3.06. The van der Waals surface area contributed by atoms with Gasteiger partial charge in [-0.1, -0.05) is 22.0 Å². The maximum Gasteiger partial charge on any atom is 0.227 e. The average Bonchev–Trinajstić information content (AvgIpc) is 2.42. The lowest BCUT2D eigenvalue weighted by atomic mass is 10.1. The van der Waals surface area contributed by atoms with Gasteiger partial charge in [-0.3, -0.25) is 0 Å². The molecule has 0 bridgehead atoms. The summed E-state index contributed by atoms with van der Waals surface area (Å²) in [5.41, 5.74) is 1.01. The number of rotatable bonds is 2. The highest BCUT2D eigenvalue weighted by molar-refractivity contribution is 9.10. The van der Waals surface area contributed by atoms with Gasteiger partial charge >= 0.3 is 0 Å². The SMILES string of the molecule is Cc1cc(Br)ccc1Oc1nccc2ccc(O)cc12. The van der Waals surface area contributed by atoms with E-state index in [-0.39, 0.29) is 5.75 Å². The van der Waals surface area contributed by atoms with E-state index in [4.69, 9.17) is 4.74 Å². The van der Waals surface area contributed by atoms with Gasteiger partial charge in [-0.15, -0.1) is 0 Å². The van der Waals surface area contributed by atoms with Crippen LogP contribution in [0.25, 0.3) is 10.8 Å². The molecule has 0 spiro atoms. The molecule has 1 heterocycles. The first-order valence-corrected chi connectivity index (χ1v) is 6.94. The Bertz CT molecular complexity index is 787. The van der Waals surface area contributed by atoms with Crippen molar-refractivity contribution in [3.8, 4) is 17.4 Å². The van der Waals surface area contributed by atoms with Crippen molar-refractivity contribution in [2.24, 2.45) is 0 Å². The number of phenols is 1. The van der Waals surface area contributed by atoms with Gasteiger partial charge in [0.1, 0.15) is 11.5 Å². The molecule has 0 atom stereocenters. The van der Waals surface area contributed by atoms with Gasteiger partial charge in [0.15, 0.2) is 0 Å². The Kier molecular flexibility index (Phi) is 3.32. The summed E-state index contributed by atoms with van der Waals surface area (Å²) in [6, 6.07) is 12.8. The predicted molar refractivity (Wildman–Crippen MR) is 82.4 cm³/mol. The normalized spacial score (nSPS) is 10.7. The van der Waals surface area contributed by atoms with Gasteiger partial charge in [0, 0.05) is 16.1 Å². The van der Waals surface area contributed by atoms with Gasteiger partial charge in [-0.2, -0.15) is 0 Å². The van der Waals surface area contributed by atoms with E-state index in [0.717, 1.165) is 26.6 Å². The number of pyridine rings is 1. The van der Waals surface area contributed by atoms with Crippen molar-refractivity contribution >= 4 is 26.7 Å². The second kappa shape index (κ2) is 5.13. The Morgan fingerprint density at radius 3 is 2.75 bits per heavy atom. The molecule has 4 heteroatoms. The summed E-state index contributed by atoms with van der Waals surface area (Å²) in [7, 11) is 0. The highest BCUT2D eigenvalue weighted by Gasteiger charge is 2.08. The van der Waals surface area contributed by atoms with Crippen molar-refractivity contribution < 1.29 is 9.84 Å². The molecule has 100 valence electrons. The lowest BCUT2D eigenvalue weighted by Crippen LogP contribution is -1.91. The Balaban J connectivity index is 2.08. The molecule has 0 fully saturated rings. The van der Waals surface area contributed by atoms with E-state index in [0.29, 0.717) is 5.88 Å². The van der Waals surface area contributed by atoms with E-state index in [1.54, 1.807) is 18.3 Å². The maximum atomic E-state index is 9.62. The van der Waals surface area contributed by atoms with Crippen molar-refractivity contribution in [1.29, 1.82) is 0 Å². The molecule has 2 aromatic carbocycles. The van der Waals surface area contributed by atoms with E-state index in [1.807, 2.05) is 37.3 Å². The zero-order chi connectivity index (χ0) is 14.1. The topological polar surface area (TPSA) is 42.4 Å². The first-order chi connectivity index (χ1) is 9.63. The van der Waals surface area contributed by atoms with E-state index >= 15 is 0 Å². The van der Waals surface area contributed by atoms with Crippen LogP contribution >= 0.6 is 15.9 Å². The Morgan fingerprint density at radius 1 is 1.10 bits per heavy atom. The summed E-state index contributed by atoms with van der Waals surface area (Å²) in [4.78, 5) is 4.26. The fraction of sp³-hybridized carbons (Fsp3) is 0.0625. The van der Waals surface area contributed by atoms with Crippen LogP contribution in [0.4, 0.5) is 0 Å². The van der Waals surface area contributed by atoms with Gasteiger partial charge in [0.05, 0.1) is 0 Å². The molecular weight excluding hydrogens is 318 g/mol. The Morgan fingerprint density at radius 2 is 1.95 bits per heavy atom. The van der Waals surface area contributed by atoms with E-state index in [9.17, 15) is 5.11 Å². The number of hydrogen-bond acceptors (Lipinski definition) is 3. The Hall–Kier alpha value is -2.07. The largest absolute Gasteiger partial charge is 0.508 e. The zero-order valence-corrected chi connectivity index (χ0v) is 12.4. The fourth-order valence-corrected chi connectivity index (χ4v) is 2.52. The molecule has 1 N–H and O–H groups in total. The van der Waals surface area contributed by atoms with Crippen LogP contribution in [-0.4, -0.2) is 10.1 Å². The van der Waals surface area contributed by atoms with Gasteiger partial charge in [0.2, 0.25) is 5.88 Å². The lowest BCUT2D eigenvalue weighted by molar-refractivity contribution is 0.462. The minimum absolute atomic E-state index is 0.197. The number of ether oxygens (including phenoxy) is 1. The van der Waals surface area contributed by atoms with E-state index in [2.05, 4.69) is 20.9 Å². The molecule has 0 saturated heterocycles. The number of hydrogen-bond donors (Lipinski definition) is 1. The quantitative estimate of drug-likeness (QED) is 0.734. The fourth-order valence-electron chi connectivity index (χ4n) is 2.04. The van der Waals surface area contributed by atoms with Crippen LogP contribution in [0.2, 0.25) is 0 Å². The van der Waals surface area contributed by atoms with Crippen LogP contribution in [0.3, 0.4) is 0 Å². The van der Waals surface area contributed by atoms with Crippen LogP contribution < -0.4 is 4.74 Å². The van der Waals surface area contributed by atoms with Crippen LogP contribution in [0.1, 0.15) is 5.56 Å². The number of nitrogens with zero attached hydrogens (tertiary/aromatic N) is 1. The minimum atomic E-state index is 0.197. The highest BCUT2D eigenvalue weighted by Crippen LogP contribution is 2.32. The highest BCUT2D eigenvalue weighted by atomic mass is 79.9. The number of phenolic OH excluding ortho intramolecular Hbond substituents is 1. The van der Waals surface area contributed by atoms with Gasteiger partial charge in [0.25, 0.3) is 0 Å². The molecule has 0 unspecified atom stereocenters. The van der Waals surface area contributed by atoms with Crippen molar-refractivity contribution in [2.75, 3.05) is 0 Å². The smallest absolute Gasteiger partial charge is 0.227 e. The van der Waals surface area contributed by atoms with E-state index < -0.39 is 0 Å².